The largest absolute Gasteiger partial charge is 0.394 e. The summed E-state index contributed by atoms with van der Waals surface area (Å²) in [6.45, 7) is 14.7. The van der Waals surface area contributed by atoms with E-state index in [0.29, 0.717) is 19.3 Å². The summed E-state index contributed by atoms with van der Waals surface area (Å²) < 4.78 is 49.3. The molecule has 8 fully saturated rings. The molecule has 4 saturated carbocycles. The number of aliphatic hydroxyl groups excluding tert-OH is 13. The van der Waals surface area contributed by atoms with Crippen molar-refractivity contribution in [1.29, 1.82) is 0 Å². The summed E-state index contributed by atoms with van der Waals surface area (Å²) in [5, 5.41) is 152. The van der Waals surface area contributed by atoms with E-state index in [-0.39, 0.29) is 46.5 Å². The molecule has 0 radical (unpaired) electrons. The summed E-state index contributed by atoms with van der Waals surface area (Å²) >= 11 is 0. The van der Waals surface area contributed by atoms with E-state index in [1.165, 1.54) is 6.92 Å². The predicted octanol–water partition coefficient (Wildman–Crippen LogP) is -1.17. The van der Waals surface area contributed by atoms with Crippen LogP contribution in [0.1, 0.15) is 120 Å². The molecule has 0 spiro atoms. The minimum Gasteiger partial charge on any atom is -0.394 e. The lowest BCUT2D eigenvalue weighted by Gasteiger charge is -2.70. The second kappa shape index (κ2) is 23.3. The van der Waals surface area contributed by atoms with Crippen LogP contribution in [-0.4, -0.2) is 232 Å². The maximum atomic E-state index is 12.9. The second-order valence-corrected chi connectivity index (χ2v) is 25.5. The number of allylic oxidation sites excluding steroid dienone is 2. The fraction of sp³-hybridized carbons (Fsp3) is 0.963. The van der Waals surface area contributed by atoms with Crippen molar-refractivity contribution in [3.8, 4) is 0 Å². The lowest BCUT2D eigenvalue weighted by molar-refractivity contribution is -0.398. The van der Waals surface area contributed by atoms with Gasteiger partial charge in [0.2, 0.25) is 0 Å². The molecule has 29 unspecified atom stereocenters. The molecular weight excluding hydrogens is 1000 g/mol. The highest BCUT2D eigenvalue weighted by Gasteiger charge is 2.70. The maximum absolute atomic E-state index is 12.9. The Hall–Kier alpha value is -1.14. The number of rotatable bonds is 16. The van der Waals surface area contributed by atoms with E-state index in [4.69, 9.17) is 37.9 Å². The second-order valence-electron chi connectivity index (χ2n) is 25.5. The van der Waals surface area contributed by atoms with Gasteiger partial charge in [0, 0.05) is 0 Å². The number of ether oxygens (including phenoxy) is 8. The fourth-order valence-corrected chi connectivity index (χ4v) is 16.2. The number of aliphatic hydroxyl groups is 14. The Balaban J connectivity index is 1.04. The summed E-state index contributed by atoms with van der Waals surface area (Å²) in [7, 11) is 0. The molecule has 22 heteroatoms. The Morgan fingerprint density at radius 3 is 1.67 bits per heavy atom. The van der Waals surface area contributed by atoms with E-state index in [1.54, 1.807) is 0 Å². The molecule has 0 amide bonds. The van der Waals surface area contributed by atoms with Gasteiger partial charge in [-0.15, -0.1) is 0 Å². The van der Waals surface area contributed by atoms with Gasteiger partial charge in [-0.2, -0.15) is 0 Å². The van der Waals surface area contributed by atoms with Gasteiger partial charge in [0.05, 0.1) is 44.2 Å². The molecule has 4 aliphatic carbocycles. The molecule has 22 nitrogen and oxygen atoms in total. The van der Waals surface area contributed by atoms with Crippen molar-refractivity contribution in [2.75, 3.05) is 26.4 Å². The summed E-state index contributed by atoms with van der Waals surface area (Å²) in [5.74, 6) is 0.313. The normalized spacial score (nSPS) is 52.2. The quantitative estimate of drug-likeness (QED) is 0.0639. The Bertz CT molecular complexity index is 1960. The molecule has 76 heavy (non-hydrogen) atoms. The zero-order valence-electron chi connectivity index (χ0n) is 45.4. The van der Waals surface area contributed by atoms with Gasteiger partial charge < -0.3 is 109 Å². The van der Waals surface area contributed by atoms with E-state index in [9.17, 15) is 71.5 Å². The third kappa shape index (κ3) is 10.7. The summed E-state index contributed by atoms with van der Waals surface area (Å²) in [5.41, 5.74) is -1.33. The molecule has 4 aliphatic heterocycles. The molecule has 4 saturated heterocycles. The highest BCUT2D eigenvalue weighted by Crippen LogP contribution is 2.76. The number of hydrogen-bond acceptors (Lipinski definition) is 22. The van der Waals surface area contributed by atoms with Gasteiger partial charge in [0.1, 0.15) is 91.6 Å². The van der Waals surface area contributed by atoms with E-state index in [2.05, 4.69) is 40.7 Å². The molecule has 8 aliphatic rings. The lowest BCUT2D eigenvalue weighted by atomic mass is 9.35. The topological polar surface area (TPSA) is 357 Å². The van der Waals surface area contributed by atoms with Crippen LogP contribution in [0, 0.1) is 45.3 Å². The van der Waals surface area contributed by atoms with Gasteiger partial charge in [0.25, 0.3) is 0 Å². The Morgan fingerprint density at radius 2 is 1.07 bits per heavy atom. The monoisotopic (exact) mass is 1090 g/mol. The smallest absolute Gasteiger partial charge is 0.187 e. The van der Waals surface area contributed by atoms with Gasteiger partial charge in [-0.3, -0.25) is 0 Å². The van der Waals surface area contributed by atoms with Crippen LogP contribution in [0.25, 0.3) is 0 Å². The van der Waals surface area contributed by atoms with Crippen molar-refractivity contribution >= 4 is 0 Å². The first-order valence-corrected chi connectivity index (χ1v) is 27.8. The van der Waals surface area contributed by atoms with E-state index in [0.717, 1.165) is 50.5 Å². The third-order valence-corrected chi connectivity index (χ3v) is 20.8. The van der Waals surface area contributed by atoms with Gasteiger partial charge >= 0.3 is 0 Å². The molecule has 29 atom stereocenters. The molecule has 0 aromatic heterocycles. The van der Waals surface area contributed by atoms with Crippen LogP contribution in [-0.2, 0) is 37.9 Å². The van der Waals surface area contributed by atoms with Crippen LogP contribution in [0.2, 0.25) is 0 Å². The Kier molecular flexibility index (Phi) is 18.6. The van der Waals surface area contributed by atoms with Crippen LogP contribution < -0.4 is 0 Å². The van der Waals surface area contributed by atoms with Gasteiger partial charge in [-0.1, -0.05) is 46.3 Å². The van der Waals surface area contributed by atoms with Gasteiger partial charge in [0.15, 0.2) is 25.2 Å². The van der Waals surface area contributed by atoms with Gasteiger partial charge in [-0.05, 0) is 130 Å². The molecule has 0 aromatic rings. The summed E-state index contributed by atoms with van der Waals surface area (Å²) in [6, 6.07) is 0. The van der Waals surface area contributed by atoms with Crippen molar-refractivity contribution in [2.45, 2.75) is 254 Å². The number of fused-ring (bicyclic) bond motifs is 5. The van der Waals surface area contributed by atoms with Crippen LogP contribution >= 0.6 is 0 Å². The molecular formula is C54H92O22. The first-order valence-electron chi connectivity index (χ1n) is 27.8. The van der Waals surface area contributed by atoms with Crippen LogP contribution in [0.3, 0.4) is 0 Å². The van der Waals surface area contributed by atoms with Crippen molar-refractivity contribution in [3.05, 3.63) is 11.6 Å². The minimum atomic E-state index is -1.90. The Labute approximate surface area is 445 Å². The highest BCUT2D eigenvalue weighted by atomic mass is 16.8. The molecule has 0 aromatic carbocycles. The molecule has 8 rings (SSSR count). The van der Waals surface area contributed by atoms with Crippen molar-refractivity contribution in [3.63, 3.8) is 0 Å². The minimum absolute atomic E-state index is 0.103. The van der Waals surface area contributed by atoms with E-state index < -0.39 is 160 Å². The zero-order valence-corrected chi connectivity index (χ0v) is 45.4. The molecule has 0 bridgehead atoms. The third-order valence-electron chi connectivity index (χ3n) is 20.8. The average molecular weight is 1090 g/mol. The average Bonchev–Trinajstić information content (AvgIpc) is 3.79. The van der Waals surface area contributed by atoms with Crippen LogP contribution in [0.15, 0.2) is 11.6 Å². The predicted molar refractivity (Wildman–Crippen MR) is 265 cm³/mol. The van der Waals surface area contributed by atoms with Gasteiger partial charge in [-0.25, -0.2) is 0 Å². The first kappa shape index (κ1) is 60.9. The summed E-state index contributed by atoms with van der Waals surface area (Å²) in [6.07, 6.45) is -22.5. The molecule has 14 N–H and O–H groups in total. The lowest BCUT2D eigenvalue weighted by Crippen LogP contribution is -2.68. The van der Waals surface area contributed by atoms with Crippen molar-refractivity contribution in [2.24, 2.45) is 45.3 Å². The van der Waals surface area contributed by atoms with E-state index in [1.807, 2.05) is 13.8 Å². The highest BCUT2D eigenvalue weighted by molar-refractivity contribution is 5.19. The first-order chi connectivity index (χ1) is 35.6. The van der Waals surface area contributed by atoms with Crippen molar-refractivity contribution in [1.82, 2.24) is 0 Å². The van der Waals surface area contributed by atoms with Crippen LogP contribution in [0.4, 0.5) is 0 Å². The van der Waals surface area contributed by atoms with Crippen LogP contribution in [0.5, 0.6) is 0 Å². The molecule has 440 valence electrons. The Morgan fingerprint density at radius 1 is 0.539 bits per heavy atom. The van der Waals surface area contributed by atoms with E-state index >= 15 is 0 Å². The standard InChI is InChI=1S/C54H92O22/c1-24(2)10-9-16-54(68,23-69-46-41(65)39(63)35(59)28(20-55)71-46)27-13-18-52(7)26(27)11-12-32-51(6)17-15-33(50(4,5)31(51)14-19-53(32,52)8)74-49-45(76-47-42(66)38(62)34(58)25(3)70-47)44(37(61)30(22-57)73-49)75-48-43(67)40(64)36(60)29(21-56)72-48/h10,25-49,55-68H,9,11-23H2,1-8H3. The summed E-state index contributed by atoms with van der Waals surface area (Å²) in [4.78, 5) is 0. The fourth-order valence-electron chi connectivity index (χ4n) is 16.2. The molecule has 4 heterocycles. The van der Waals surface area contributed by atoms with Crippen molar-refractivity contribution < 1.29 is 109 Å². The SMILES string of the molecule is CC(C)=CCCC(O)(COC1OC(CO)C(O)C(O)C1O)C1CCC2(C)C1CCC1C3(C)CCC(OC4OC(CO)C(O)C(OC5OC(CO)C(O)C(O)C5O)C4OC4OC(C)C(O)C(O)C4O)C(C)(C)C3CCC12C. The zero-order chi connectivity index (χ0) is 55.8. The maximum Gasteiger partial charge on any atom is 0.187 e. The number of hydrogen-bond donors (Lipinski definition) is 14.